The lowest BCUT2D eigenvalue weighted by molar-refractivity contribution is 0.185. The maximum atomic E-state index is 5.43. The first-order valence-electron chi connectivity index (χ1n) is 5.66. The van der Waals surface area contributed by atoms with E-state index in [0.717, 1.165) is 25.6 Å². The molecule has 4 nitrogen and oxygen atoms in total. The van der Waals surface area contributed by atoms with Crippen LogP contribution in [0.4, 0.5) is 5.95 Å². The molecule has 3 rings (SSSR count). The minimum atomic E-state index is 0.0675. The summed E-state index contributed by atoms with van der Waals surface area (Å²) in [4.78, 5) is 4.38. The lowest BCUT2D eigenvalue weighted by atomic mass is 10.0. The Bertz CT molecular complexity index is 350. The Kier molecular flexibility index (Phi) is 1.99. The van der Waals surface area contributed by atoms with Gasteiger partial charge in [-0.2, -0.15) is 0 Å². The molecule has 15 heavy (non-hydrogen) atoms. The number of rotatable bonds is 3. The molecule has 1 atom stereocenters. The van der Waals surface area contributed by atoms with Gasteiger partial charge in [-0.15, -0.1) is 0 Å². The number of imidazole rings is 1. The SMILES string of the molecule is CC1(Nc2nccn2C2CC2)CCOC1. The van der Waals surface area contributed by atoms with Crippen molar-refractivity contribution in [1.29, 1.82) is 0 Å². The van der Waals surface area contributed by atoms with Gasteiger partial charge in [0.15, 0.2) is 0 Å². The summed E-state index contributed by atoms with van der Waals surface area (Å²) in [6.45, 7) is 3.84. The van der Waals surface area contributed by atoms with E-state index in [9.17, 15) is 0 Å². The number of nitrogens with zero attached hydrogens (tertiary/aromatic N) is 2. The second kappa shape index (κ2) is 3.23. The fraction of sp³-hybridized carbons (Fsp3) is 0.727. The average Bonchev–Trinajstić information content (AvgIpc) is 2.82. The molecule has 0 radical (unpaired) electrons. The van der Waals surface area contributed by atoms with Gasteiger partial charge in [-0.3, -0.25) is 0 Å². The zero-order valence-electron chi connectivity index (χ0n) is 9.07. The van der Waals surface area contributed by atoms with Gasteiger partial charge in [-0.1, -0.05) is 0 Å². The van der Waals surface area contributed by atoms with E-state index >= 15 is 0 Å². The molecule has 0 amide bonds. The van der Waals surface area contributed by atoms with Gasteiger partial charge < -0.3 is 14.6 Å². The van der Waals surface area contributed by atoms with Crippen molar-refractivity contribution in [1.82, 2.24) is 9.55 Å². The number of nitrogens with one attached hydrogen (secondary N) is 1. The predicted octanol–water partition coefficient (Wildman–Crippen LogP) is 1.81. The van der Waals surface area contributed by atoms with Gasteiger partial charge in [-0.05, 0) is 26.2 Å². The van der Waals surface area contributed by atoms with Gasteiger partial charge in [0.05, 0.1) is 12.1 Å². The molecule has 0 aromatic carbocycles. The van der Waals surface area contributed by atoms with Crippen LogP contribution in [0.5, 0.6) is 0 Å². The summed E-state index contributed by atoms with van der Waals surface area (Å²) in [5, 5.41) is 3.51. The van der Waals surface area contributed by atoms with Crippen LogP contribution < -0.4 is 5.32 Å². The highest BCUT2D eigenvalue weighted by Crippen LogP contribution is 2.37. The first kappa shape index (κ1) is 9.21. The van der Waals surface area contributed by atoms with E-state index in [4.69, 9.17) is 4.74 Å². The average molecular weight is 207 g/mol. The van der Waals surface area contributed by atoms with Crippen molar-refractivity contribution >= 4 is 5.95 Å². The zero-order valence-corrected chi connectivity index (χ0v) is 9.07. The van der Waals surface area contributed by atoms with E-state index in [2.05, 4.69) is 28.0 Å². The van der Waals surface area contributed by atoms with Crippen LogP contribution in [-0.4, -0.2) is 28.3 Å². The fourth-order valence-corrected chi connectivity index (χ4v) is 2.09. The number of hydrogen-bond acceptors (Lipinski definition) is 3. The maximum absolute atomic E-state index is 5.43. The predicted molar refractivity (Wildman–Crippen MR) is 58.0 cm³/mol. The van der Waals surface area contributed by atoms with E-state index < -0.39 is 0 Å². The smallest absolute Gasteiger partial charge is 0.203 e. The standard InChI is InChI=1S/C11H17N3O/c1-11(4-7-15-8-11)13-10-12-5-6-14(10)9-2-3-9/h5-6,9H,2-4,7-8H2,1H3,(H,12,13). The minimum Gasteiger partial charge on any atom is -0.379 e. The third-order valence-corrected chi connectivity index (χ3v) is 3.24. The molecule has 1 saturated heterocycles. The van der Waals surface area contributed by atoms with Crippen LogP contribution >= 0.6 is 0 Å². The van der Waals surface area contributed by atoms with E-state index in [1.807, 2.05) is 6.20 Å². The summed E-state index contributed by atoms with van der Waals surface area (Å²) >= 11 is 0. The molecule has 1 unspecified atom stereocenters. The fourth-order valence-electron chi connectivity index (χ4n) is 2.09. The third-order valence-electron chi connectivity index (χ3n) is 3.24. The molecular weight excluding hydrogens is 190 g/mol. The van der Waals surface area contributed by atoms with E-state index in [1.54, 1.807) is 0 Å². The summed E-state index contributed by atoms with van der Waals surface area (Å²) < 4.78 is 7.68. The van der Waals surface area contributed by atoms with Crippen molar-refractivity contribution in [2.24, 2.45) is 0 Å². The maximum Gasteiger partial charge on any atom is 0.203 e. The number of hydrogen-bond donors (Lipinski definition) is 1. The zero-order chi connectivity index (χ0) is 10.3. The van der Waals surface area contributed by atoms with Crippen LogP contribution in [0.25, 0.3) is 0 Å². The highest BCUT2D eigenvalue weighted by Gasteiger charge is 2.32. The Morgan fingerprint density at radius 3 is 3.13 bits per heavy atom. The second-order valence-electron chi connectivity index (χ2n) is 4.88. The Labute approximate surface area is 89.6 Å². The largest absolute Gasteiger partial charge is 0.379 e. The van der Waals surface area contributed by atoms with E-state index in [0.29, 0.717) is 6.04 Å². The van der Waals surface area contributed by atoms with Gasteiger partial charge in [0.2, 0.25) is 5.95 Å². The van der Waals surface area contributed by atoms with Gasteiger partial charge >= 0.3 is 0 Å². The lowest BCUT2D eigenvalue weighted by Crippen LogP contribution is -2.36. The van der Waals surface area contributed by atoms with Gasteiger partial charge in [-0.25, -0.2) is 4.98 Å². The molecule has 1 aliphatic carbocycles. The second-order valence-corrected chi connectivity index (χ2v) is 4.88. The number of aromatic nitrogens is 2. The summed E-state index contributed by atoms with van der Waals surface area (Å²) in [5.41, 5.74) is 0.0675. The van der Waals surface area contributed by atoms with Crippen molar-refractivity contribution in [3.05, 3.63) is 12.4 Å². The molecule has 1 aromatic heterocycles. The van der Waals surface area contributed by atoms with Crippen molar-refractivity contribution in [3.63, 3.8) is 0 Å². The Hall–Kier alpha value is -1.03. The normalized spacial score (nSPS) is 30.7. The molecular formula is C11H17N3O. The summed E-state index contributed by atoms with van der Waals surface area (Å²) in [6, 6.07) is 0.681. The highest BCUT2D eigenvalue weighted by molar-refractivity contribution is 5.32. The topological polar surface area (TPSA) is 39.1 Å². The summed E-state index contributed by atoms with van der Waals surface area (Å²) in [7, 11) is 0. The monoisotopic (exact) mass is 207 g/mol. The van der Waals surface area contributed by atoms with Crippen LogP contribution in [0.1, 0.15) is 32.2 Å². The van der Waals surface area contributed by atoms with Gasteiger partial charge in [0.1, 0.15) is 0 Å². The minimum absolute atomic E-state index is 0.0675. The number of ether oxygens (including phenoxy) is 1. The molecule has 2 fully saturated rings. The Morgan fingerprint density at radius 1 is 1.60 bits per heavy atom. The molecule has 2 aliphatic rings. The van der Waals surface area contributed by atoms with Crippen molar-refractivity contribution < 1.29 is 4.74 Å². The first-order valence-corrected chi connectivity index (χ1v) is 5.66. The first-order chi connectivity index (χ1) is 7.27. The molecule has 1 aliphatic heterocycles. The molecule has 1 aromatic rings. The Balaban J connectivity index is 1.77. The van der Waals surface area contributed by atoms with E-state index in [1.165, 1.54) is 12.8 Å². The molecule has 4 heteroatoms. The highest BCUT2D eigenvalue weighted by atomic mass is 16.5. The van der Waals surface area contributed by atoms with Crippen LogP contribution in [0.3, 0.4) is 0 Å². The van der Waals surface area contributed by atoms with Crippen LogP contribution in [0, 0.1) is 0 Å². The molecule has 2 heterocycles. The lowest BCUT2D eigenvalue weighted by Gasteiger charge is -2.24. The Morgan fingerprint density at radius 2 is 2.47 bits per heavy atom. The van der Waals surface area contributed by atoms with E-state index in [-0.39, 0.29) is 5.54 Å². The van der Waals surface area contributed by atoms with Crippen molar-refractivity contribution in [3.8, 4) is 0 Å². The molecule has 1 N–H and O–H groups in total. The van der Waals surface area contributed by atoms with Gasteiger partial charge in [0.25, 0.3) is 0 Å². The number of anilines is 1. The quantitative estimate of drug-likeness (QED) is 0.821. The summed E-state index contributed by atoms with van der Waals surface area (Å²) in [6.07, 6.45) is 7.58. The molecule has 0 spiro atoms. The molecule has 0 bridgehead atoms. The van der Waals surface area contributed by atoms with Gasteiger partial charge in [0, 0.05) is 25.0 Å². The summed E-state index contributed by atoms with van der Waals surface area (Å²) in [5.74, 6) is 1.01. The molecule has 82 valence electrons. The molecule has 1 saturated carbocycles. The van der Waals surface area contributed by atoms with Crippen LogP contribution in [0.2, 0.25) is 0 Å². The third kappa shape index (κ3) is 1.74. The van der Waals surface area contributed by atoms with Crippen molar-refractivity contribution in [2.75, 3.05) is 18.5 Å². The van der Waals surface area contributed by atoms with Crippen LogP contribution in [0.15, 0.2) is 12.4 Å². The van der Waals surface area contributed by atoms with Crippen LogP contribution in [-0.2, 0) is 4.74 Å². The van der Waals surface area contributed by atoms with Crippen molar-refractivity contribution in [2.45, 2.75) is 37.8 Å².